The molecule has 8 aromatic carbocycles. The van der Waals surface area contributed by atoms with Crippen LogP contribution in [0.1, 0.15) is 75.9 Å². The van der Waals surface area contributed by atoms with E-state index in [9.17, 15) is 0 Å². The molecule has 0 saturated heterocycles. The van der Waals surface area contributed by atoms with Crippen molar-refractivity contribution < 1.29 is 0 Å². The van der Waals surface area contributed by atoms with E-state index in [1.807, 2.05) is 0 Å². The Morgan fingerprint density at radius 3 is 0.953 bits per heavy atom. The summed E-state index contributed by atoms with van der Waals surface area (Å²) >= 11 is 0. The highest BCUT2D eigenvalue weighted by Gasteiger charge is 2.50. The average molecular weight is 825 g/mol. The minimum atomic E-state index is -0.315. The molecular formula is C62H52N2. The van der Waals surface area contributed by atoms with E-state index < -0.39 is 0 Å². The molecule has 0 atom stereocenters. The Hall–Kier alpha value is -7.16. The topological polar surface area (TPSA) is 25.8 Å². The summed E-state index contributed by atoms with van der Waals surface area (Å²) in [5.74, 6) is 0. The quantitative estimate of drug-likeness (QED) is 0.137. The van der Waals surface area contributed by atoms with Crippen LogP contribution in [0.5, 0.6) is 0 Å². The van der Waals surface area contributed by atoms with Crippen molar-refractivity contribution in [3.8, 4) is 89.3 Å². The summed E-state index contributed by atoms with van der Waals surface area (Å²) in [5, 5.41) is 0. The number of hydrogen-bond donors (Lipinski definition) is 0. The van der Waals surface area contributed by atoms with Gasteiger partial charge in [0.2, 0.25) is 0 Å². The first-order valence-corrected chi connectivity index (χ1v) is 23.2. The molecule has 1 heterocycles. The van der Waals surface area contributed by atoms with E-state index in [1.54, 1.807) is 0 Å². The van der Waals surface area contributed by atoms with Crippen LogP contribution >= 0.6 is 0 Å². The molecule has 0 spiro atoms. The average Bonchev–Trinajstić information content (AvgIpc) is 3.83. The summed E-state index contributed by atoms with van der Waals surface area (Å²) in [4.78, 5) is 11.9. The van der Waals surface area contributed by atoms with Crippen molar-refractivity contribution in [3.63, 3.8) is 0 Å². The van der Waals surface area contributed by atoms with Gasteiger partial charge in [0.1, 0.15) is 0 Å². The van der Waals surface area contributed by atoms with Crippen LogP contribution in [0.4, 0.5) is 0 Å². The first-order valence-electron chi connectivity index (χ1n) is 23.2. The summed E-state index contributed by atoms with van der Waals surface area (Å²) in [7, 11) is 0. The SMILES string of the molecule is CCC1(CC)c2nc3c(nc2-c2cccc(-c4ccc(-c5ccccc5)cc4-c4ccccc4)c21)C(CC)(CC)c1c(-c2ccc(-c4ccccc4)cc2-c2ccccc2)cccc1-3. The summed E-state index contributed by atoms with van der Waals surface area (Å²) in [6.07, 6.45) is 3.68. The van der Waals surface area contributed by atoms with Gasteiger partial charge in [-0.25, -0.2) is 9.97 Å². The van der Waals surface area contributed by atoms with E-state index in [1.165, 1.54) is 89.0 Å². The second-order valence-electron chi connectivity index (χ2n) is 17.6. The van der Waals surface area contributed by atoms with E-state index in [0.717, 1.165) is 48.5 Å². The van der Waals surface area contributed by atoms with Gasteiger partial charge in [-0.15, -0.1) is 0 Å². The Morgan fingerprint density at radius 1 is 0.281 bits per heavy atom. The molecule has 11 rings (SSSR count). The first-order chi connectivity index (χ1) is 31.5. The van der Waals surface area contributed by atoms with Gasteiger partial charge in [-0.05, 0) is 116 Å². The van der Waals surface area contributed by atoms with Crippen LogP contribution < -0.4 is 0 Å². The maximum absolute atomic E-state index is 5.95. The molecular weight excluding hydrogens is 773 g/mol. The molecule has 64 heavy (non-hydrogen) atoms. The third-order valence-corrected chi connectivity index (χ3v) is 14.8. The van der Waals surface area contributed by atoms with Gasteiger partial charge in [-0.2, -0.15) is 0 Å². The molecule has 9 aromatic rings. The molecule has 2 aliphatic rings. The predicted octanol–water partition coefficient (Wildman–Crippen LogP) is 16.7. The number of aromatic nitrogens is 2. The van der Waals surface area contributed by atoms with Gasteiger partial charge in [0.15, 0.2) is 0 Å². The number of benzene rings is 8. The van der Waals surface area contributed by atoms with Gasteiger partial charge in [-0.1, -0.05) is 210 Å². The molecule has 0 aliphatic heterocycles. The molecule has 0 bridgehead atoms. The third kappa shape index (κ3) is 5.99. The molecule has 2 nitrogen and oxygen atoms in total. The van der Waals surface area contributed by atoms with Gasteiger partial charge in [-0.3, -0.25) is 0 Å². The Balaban J connectivity index is 1.11. The lowest BCUT2D eigenvalue weighted by Crippen LogP contribution is -2.27. The van der Waals surface area contributed by atoms with Crippen LogP contribution in [0.25, 0.3) is 89.3 Å². The minimum Gasteiger partial charge on any atom is -0.248 e. The highest BCUT2D eigenvalue weighted by molar-refractivity contribution is 5.96. The van der Waals surface area contributed by atoms with Crippen LogP contribution in [0.15, 0.2) is 194 Å². The third-order valence-electron chi connectivity index (χ3n) is 14.8. The van der Waals surface area contributed by atoms with Crippen LogP contribution in [-0.2, 0) is 10.8 Å². The van der Waals surface area contributed by atoms with Crippen molar-refractivity contribution in [1.29, 1.82) is 0 Å². The van der Waals surface area contributed by atoms with E-state index in [-0.39, 0.29) is 10.8 Å². The normalized spacial score (nSPS) is 13.8. The predicted molar refractivity (Wildman–Crippen MR) is 268 cm³/mol. The monoisotopic (exact) mass is 824 g/mol. The zero-order valence-electron chi connectivity index (χ0n) is 37.2. The summed E-state index contributed by atoms with van der Waals surface area (Å²) in [6.45, 7) is 9.40. The van der Waals surface area contributed by atoms with Crippen LogP contribution in [0.3, 0.4) is 0 Å². The maximum Gasteiger partial charge on any atom is 0.0934 e. The fraction of sp³-hybridized carbons (Fsp3) is 0.161. The van der Waals surface area contributed by atoms with Gasteiger partial charge in [0.05, 0.1) is 22.8 Å². The van der Waals surface area contributed by atoms with Gasteiger partial charge < -0.3 is 0 Å². The molecule has 0 saturated carbocycles. The van der Waals surface area contributed by atoms with E-state index in [2.05, 4.69) is 222 Å². The Morgan fingerprint density at radius 2 is 0.609 bits per heavy atom. The summed E-state index contributed by atoms with van der Waals surface area (Å²) in [5.41, 5.74) is 23.7. The number of rotatable bonds is 10. The largest absolute Gasteiger partial charge is 0.248 e. The highest BCUT2D eigenvalue weighted by atomic mass is 14.9. The summed E-state index contributed by atoms with van der Waals surface area (Å²) < 4.78 is 0. The number of fused-ring (bicyclic) bond motifs is 6. The van der Waals surface area contributed by atoms with Gasteiger partial charge in [0, 0.05) is 22.0 Å². The van der Waals surface area contributed by atoms with Crippen molar-refractivity contribution in [2.45, 2.75) is 64.2 Å². The lowest BCUT2D eigenvalue weighted by Gasteiger charge is -2.32. The molecule has 310 valence electrons. The number of hydrogen-bond acceptors (Lipinski definition) is 2. The van der Waals surface area contributed by atoms with Crippen LogP contribution in [0.2, 0.25) is 0 Å². The minimum absolute atomic E-state index is 0.315. The van der Waals surface area contributed by atoms with Crippen molar-refractivity contribution in [3.05, 3.63) is 217 Å². The standard InChI is InChI=1S/C62H52N2/c1-5-61(6-2)55-49(47-37-35-45(41-23-13-9-14-24-41)39-53(47)43-27-17-11-18-28-43)31-21-33-51(55)57-59(61)63-58-52-34-22-32-50(56(52)62(7-3,8-4)60(58)64-57)48-38-36-46(42-25-15-10-16-26-42)40-54(48)44-29-19-12-20-30-44/h9-40H,5-8H2,1-4H3. The summed E-state index contributed by atoms with van der Waals surface area (Å²) in [6, 6.07) is 71.2. The Bertz CT molecular complexity index is 2960. The van der Waals surface area contributed by atoms with Crippen molar-refractivity contribution >= 4 is 0 Å². The Labute approximate surface area is 378 Å². The zero-order chi connectivity index (χ0) is 43.4. The van der Waals surface area contributed by atoms with Gasteiger partial charge >= 0.3 is 0 Å². The lowest BCUT2D eigenvalue weighted by atomic mass is 9.72. The second kappa shape index (κ2) is 15.9. The van der Waals surface area contributed by atoms with E-state index >= 15 is 0 Å². The van der Waals surface area contributed by atoms with E-state index in [0.29, 0.717) is 0 Å². The first kappa shape index (κ1) is 39.7. The second-order valence-corrected chi connectivity index (χ2v) is 17.6. The molecule has 0 N–H and O–H groups in total. The van der Waals surface area contributed by atoms with Crippen molar-refractivity contribution in [1.82, 2.24) is 9.97 Å². The number of nitrogens with zero attached hydrogens (tertiary/aromatic N) is 2. The Kier molecular flexibility index (Phi) is 9.84. The van der Waals surface area contributed by atoms with Crippen molar-refractivity contribution in [2.24, 2.45) is 0 Å². The van der Waals surface area contributed by atoms with Gasteiger partial charge in [0.25, 0.3) is 0 Å². The highest BCUT2D eigenvalue weighted by Crippen LogP contribution is 2.60. The molecule has 0 radical (unpaired) electrons. The fourth-order valence-corrected chi connectivity index (χ4v) is 11.5. The van der Waals surface area contributed by atoms with Crippen molar-refractivity contribution in [2.75, 3.05) is 0 Å². The lowest BCUT2D eigenvalue weighted by molar-refractivity contribution is 0.467. The fourth-order valence-electron chi connectivity index (χ4n) is 11.5. The van der Waals surface area contributed by atoms with Crippen LogP contribution in [0, 0.1) is 0 Å². The van der Waals surface area contributed by atoms with Crippen LogP contribution in [-0.4, -0.2) is 9.97 Å². The molecule has 0 unspecified atom stereocenters. The maximum atomic E-state index is 5.95. The smallest absolute Gasteiger partial charge is 0.0934 e. The zero-order valence-corrected chi connectivity index (χ0v) is 37.2. The molecule has 1 aromatic heterocycles. The van der Waals surface area contributed by atoms with E-state index in [4.69, 9.17) is 9.97 Å². The molecule has 0 amide bonds. The molecule has 2 aliphatic carbocycles. The molecule has 0 fully saturated rings. The molecule has 2 heteroatoms.